The molecule has 0 radical (unpaired) electrons. The number of aromatic hydroxyl groups is 1. The molecule has 2 heterocycles. The Bertz CT molecular complexity index is 755. The van der Waals surface area contributed by atoms with Gasteiger partial charge in [0, 0.05) is 13.6 Å². The van der Waals surface area contributed by atoms with Crippen LogP contribution in [-0.2, 0) is 21.8 Å². The number of rotatable bonds is 3. The quantitative estimate of drug-likeness (QED) is 0.748. The van der Waals surface area contributed by atoms with Crippen LogP contribution in [0.5, 0.6) is 5.75 Å². The van der Waals surface area contributed by atoms with Crippen LogP contribution < -0.4 is 9.86 Å². The van der Waals surface area contributed by atoms with Crippen molar-refractivity contribution in [1.82, 2.24) is 9.55 Å². The van der Waals surface area contributed by atoms with E-state index in [1.807, 2.05) is 0 Å². The molecule has 0 amide bonds. The number of esters is 1. The molecule has 0 unspecified atom stereocenters. The summed E-state index contributed by atoms with van der Waals surface area (Å²) in [5, 5.41) is 9.76. The predicted octanol–water partition coefficient (Wildman–Crippen LogP) is -0.407. The van der Waals surface area contributed by atoms with Crippen molar-refractivity contribution in [3.8, 4) is 5.75 Å². The van der Waals surface area contributed by atoms with Gasteiger partial charge in [-0.05, 0) is 19.8 Å². The van der Waals surface area contributed by atoms with Gasteiger partial charge in [0.1, 0.15) is 0 Å². The topological polar surface area (TPSA) is 119 Å². The van der Waals surface area contributed by atoms with E-state index in [1.54, 1.807) is 6.92 Å². The van der Waals surface area contributed by atoms with Crippen molar-refractivity contribution in [3.63, 3.8) is 0 Å². The molecule has 9 nitrogen and oxygen atoms in total. The highest BCUT2D eigenvalue weighted by molar-refractivity contribution is 7.92. The highest BCUT2D eigenvalue weighted by Crippen LogP contribution is 2.22. The van der Waals surface area contributed by atoms with Gasteiger partial charge < -0.3 is 9.84 Å². The van der Waals surface area contributed by atoms with Crippen LogP contribution in [0.3, 0.4) is 0 Å². The van der Waals surface area contributed by atoms with Gasteiger partial charge in [-0.15, -0.1) is 0 Å². The number of ether oxygens (including phenoxy) is 1. The van der Waals surface area contributed by atoms with Crippen molar-refractivity contribution in [2.24, 2.45) is 7.05 Å². The van der Waals surface area contributed by atoms with Crippen molar-refractivity contribution in [2.75, 3.05) is 23.2 Å². The Hall–Kier alpha value is -2.10. The SMILES string of the molecule is CCOC(=O)c1nc(N2CCCCS2(=O)=O)n(C)c(=O)c1O. The number of hydrogen-bond acceptors (Lipinski definition) is 7. The van der Waals surface area contributed by atoms with E-state index in [0.717, 1.165) is 8.87 Å². The fourth-order valence-electron chi connectivity index (χ4n) is 2.16. The normalized spacial score (nSPS) is 17.3. The van der Waals surface area contributed by atoms with Crippen LogP contribution in [0.1, 0.15) is 30.3 Å². The first-order valence-corrected chi connectivity index (χ1v) is 8.38. The summed E-state index contributed by atoms with van der Waals surface area (Å²) in [5.41, 5.74) is -1.49. The number of aromatic nitrogens is 2. The summed E-state index contributed by atoms with van der Waals surface area (Å²) in [5.74, 6) is -2.10. The number of anilines is 1. The Labute approximate surface area is 127 Å². The number of carbonyl (C=O) groups excluding carboxylic acids is 1. The lowest BCUT2D eigenvalue weighted by molar-refractivity contribution is 0.0515. The molecule has 1 N–H and O–H groups in total. The first-order valence-electron chi connectivity index (χ1n) is 6.77. The number of hydrogen-bond donors (Lipinski definition) is 1. The van der Waals surface area contributed by atoms with Crippen molar-refractivity contribution in [1.29, 1.82) is 0 Å². The second kappa shape index (κ2) is 5.95. The summed E-state index contributed by atoms with van der Waals surface area (Å²) in [6, 6.07) is 0. The molecule has 1 aromatic heterocycles. The Kier molecular flexibility index (Phi) is 4.40. The summed E-state index contributed by atoms with van der Waals surface area (Å²) in [6.07, 6.45) is 1.14. The van der Waals surface area contributed by atoms with Crippen LogP contribution in [0.15, 0.2) is 4.79 Å². The fraction of sp³-hybridized carbons (Fsp3) is 0.583. The molecule has 0 atom stereocenters. The third kappa shape index (κ3) is 2.78. The summed E-state index contributed by atoms with van der Waals surface area (Å²) in [7, 11) is -2.32. The molecule has 22 heavy (non-hydrogen) atoms. The average Bonchev–Trinajstić information content (AvgIpc) is 2.46. The van der Waals surface area contributed by atoms with Crippen molar-refractivity contribution in [3.05, 3.63) is 16.0 Å². The molecule has 0 aliphatic carbocycles. The molecule has 0 spiro atoms. The van der Waals surface area contributed by atoms with Crippen molar-refractivity contribution >= 4 is 21.9 Å². The number of nitrogens with zero attached hydrogens (tertiary/aromatic N) is 3. The standard InChI is InChI=1S/C12H17N3O6S/c1-3-21-11(18)8-9(16)10(17)14(2)12(13-8)15-6-4-5-7-22(15,19)20/h16H,3-7H2,1-2H3. The lowest BCUT2D eigenvalue weighted by atomic mass is 10.3. The van der Waals surface area contributed by atoms with Crippen molar-refractivity contribution in [2.45, 2.75) is 19.8 Å². The highest BCUT2D eigenvalue weighted by atomic mass is 32.2. The predicted molar refractivity (Wildman–Crippen MR) is 77.5 cm³/mol. The van der Waals surface area contributed by atoms with Crippen LogP contribution in [-0.4, -0.2) is 47.9 Å². The van der Waals surface area contributed by atoms with Gasteiger partial charge in [-0.3, -0.25) is 9.36 Å². The van der Waals surface area contributed by atoms with Gasteiger partial charge in [0.25, 0.3) is 5.56 Å². The van der Waals surface area contributed by atoms with Gasteiger partial charge in [-0.1, -0.05) is 0 Å². The molecule has 1 saturated heterocycles. The van der Waals surface area contributed by atoms with Gasteiger partial charge in [-0.2, -0.15) is 0 Å². The summed E-state index contributed by atoms with van der Waals surface area (Å²) in [4.78, 5) is 27.6. The molecule has 10 heteroatoms. The second-order valence-corrected chi connectivity index (χ2v) is 6.80. The van der Waals surface area contributed by atoms with Crippen LogP contribution in [0.4, 0.5) is 5.95 Å². The molecule has 122 valence electrons. The van der Waals surface area contributed by atoms with Crippen LogP contribution in [0, 0.1) is 0 Å². The smallest absolute Gasteiger partial charge is 0.361 e. The van der Waals surface area contributed by atoms with Gasteiger partial charge in [0.15, 0.2) is 5.69 Å². The van der Waals surface area contributed by atoms with Gasteiger partial charge in [-0.25, -0.2) is 22.5 Å². The Morgan fingerprint density at radius 3 is 2.68 bits per heavy atom. The van der Waals surface area contributed by atoms with E-state index in [9.17, 15) is 23.1 Å². The molecular weight excluding hydrogens is 314 g/mol. The Balaban J connectivity index is 2.61. The third-order valence-electron chi connectivity index (χ3n) is 3.28. The minimum Gasteiger partial charge on any atom is -0.501 e. The van der Waals surface area contributed by atoms with E-state index in [1.165, 1.54) is 7.05 Å². The molecule has 0 saturated carbocycles. The van der Waals surface area contributed by atoms with E-state index in [2.05, 4.69) is 4.98 Å². The first-order chi connectivity index (χ1) is 10.3. The molecule has 1 aliphatic rings. The van der Waals surface area contributed by atoms with E-state index in [-0.39, 0.29) is 24.9 Å². The van der Waals surface area contributed by atoms with Gasteiger partial charge in [0.2, 0.25) is 21.7 Å². The number of carbonyl (C=O) groups is 1. The third-order valence-corrected chi connectivity index (χ3v) is 5.11. The zero-order valence-corrected chi connectivity index (χ0v) is 13.1. The summed E-state index contributed by atoms with van der Waals surface area (Å²) in [6.45, 7) is 1.76. The van der Waals surface area contributed by atoms with Crippen molar-refractivity contribution < 1.29 is 23.1 Å². The lowest BCUT2D eigenvalue weighted by Gasteiger charge is -2.28. The van der Waals surface area contributed by atoms with E-state index < -0.39 is 33.0 Å². The van der Waals surface area contributed by atoms with E-state index >= 15 is 0 Å². The summed E-state index contributed by atoms with van der Waals surface area (Å²) < 4.78 is 30.9. The fourth-order valence-corrected chi connectivity index (χ4v) is 3.77. The maximum Gasteiger partial charge on any atom is 0.361 e. The van der Waals surface area contributed by atoms with Crippen LogP contribution >= 0.6 is 0 Å². The largest absolute Gasteiger partial charge is 0.501 e. The summed E-state index contributed by atoms with van der Waals surface area (Å²) >= 11 is 0. The van der Waals surface area contributed by atoms with E-state index in [4.69, 9.17) is 4.74 Å². The van der Waals surface area contributed by atoms with Crippen LogP contribution in [0.25, 0.3) is 0 Å². The molecular formula is C12H17N3O6S. The van der Waals surface area contributed by atoms with E-state index in [0.29, 0.717) is 12.8 Å². The minimum atomic E-state index is -3.61. The van der Waals surface area contributed by atoms with Gasteiger partial charge >= 0.3 is 5.97 Å². The lowest BCUT2D eigenvalue weighted by Crippen LogP contribution is -2.42. The maximum absolute atomic E-state index is 12.1. The molecule has 1 aromatic rings. The maximum atomic E-state index is 12.1. The first kappa shape index (κ1) is 16.3. The zero-order valence-electron chi connectivity index (χ0n) is 12.3. The minimum absolute atomic E-state index is 0.0342. The number of sulfonamides is 1. The zero-order chi connectivity index (χ0) is 16.5. The Morgan fingerprint density at radius 1 is 1.41 bits per heavy atom. The van der Waals surface area contributed by atoms with Gasteiger partial charge in [0.05, 0.1) is 12.4 Å². The molecule has 2 rings (SSSR count). The average molecular weight is 331 g/mol. The van der Waals surface area contributed by atoms with Crippen LogP contribution in [0.2, 0.25) is 0 Å². The monoisotopic (exact) mass is 331 g/mol. The molecule has 1 aliphatic heterocycles. The Morgan fingerprint density at radius 2 is 2.09 bits per heavy atom. The highest BCUT2D eigenvalue weighted by Gasteiger charge is 2.31. The second-order valence-electron chi connectivity index (χ2n) is 4.79. The molecule has 0 bridgehead atoms. The molecule has 1 fully saturated rings. The molecule has 0 aromatic carbocycles.